The Morgan fingerprint density at radius 2 is 2.09 bits per heavy atom. The Kier molecular flexibility index (Phi) is 3.49. The lowest BCUT2D eigenvalue weighted by Gasteiger charge is -2.14. The molecule has 4 nitrogen and oxygen atoms in total. The summed E-state index contributed by atoms with van der Waals surface area (Å²) in [5.74, 6) is -0.255. The standard InChI is InChI=1S/C6H12N2O2S/c1-6(4-7)5-8(2)11(3,9)10/h6H,5H2,1-3H3/t6-/m1/s1. The van der Waals surface area contributed by atoms with Gasteiger partial charge in [0.1, 0.15) is 0 Å². The minimum Gasteiger partial charge on any atom is -0.213 e. The number of hydrogen-bond acceptors (Lipinski definition) is 3. The molecular weight excluding hydrogens is 164 g/mol. The van der Waals surface area contributed by atoms with Crippen molar-refractivity contribution in [3.8, 4) is 6.07 Å². The third-order valence-electron chi connectivity index (χ3n) is 1.32. The molecule has 0 heterocycles. The van der Waals surface area contributed by atoms with Crippen LogP contribution in [0.25, 0.3) is 0 Å². The van der Waals surface area contributed by atoms with E-state index in [0.717, 1.165) is 6.26 Å². The molecule has 1 atom stereocenters. The Hall–Kier alpha value is -0.600. The lowest BCUT2D eigenvalue weighted by atomic mass is 10.2. The van der Waals surface area contributed by atoms with Crippen molar-refractivity contribution in [1.82, 2.24) is 4.31 Å². The van der Waals surface area contributed by atoms with Crippen LogP contribution < -0.4 is 0 Å². The van der Waals surface area contributed by atoms with Gasteiger partial charge in [-0.2, -0.15) is 5.26 Å². The first-order valence-electron chi connectivity index (χ1n) is 3.19. The van der Waals surface area contributed by atoms with E-state index in [0.29, 0.717) is 0 Å². The summed E-state index contributed by atoms with van der Waals surface area (Å²) in [5.41, 5.74) is 0. The molecule has 0 fully saturated rings. The average molecular weight is 176 g/mol. The maximum Gasteiger partial charge on any atom is 0.210 e. The number of hydrogen-bond donors (Lipinski definition) is 0. The van der Waals surface area contributed by atoms with Crippen LogP contribution in [0.5, 0.6) is 0 Å². The van der Waals surface area contributed by atoms with Crippen LogP contribution in [0.15, 0.2) is 0 Å². The molecule has 0 aliphatic carbocycles. The second kappa shape index (κ2) is 3.69. The first-order chi connectivity index (χ1) is 4.88. The zero-order chi connectivity index (χ0) is 9.07. The van der Waals surface area contributed by atoms with Gasteiger partial charge in [-0.25, -0.2) is 12.7 Å². The van der Waals surface area contributed by atoms with Crippen LogP contribution in [0.2, 0.25) is 0 Å². The van der Waals surface area contributed by atoms with E-state index in [2.05, 4.69) is 0 Å². The molecule has 0 spiro atoms. The molecule has 0 aromatic heterocycles. The minimum atomic E-state index is -3.13. The molecule has 0 N–H and O–H groups in total. The van der Waals surface area contributed by atoms with Crippen molar-refractivity contribution in [3.05, 3.63) is 0 Å². The van der Waals surface area contributed by atoms with Gasteiger partial charge in [-0.1, -0.05) is 0 Å². The highest BCUT2D eigenvalue weighted by molar-refractivity contribution is 7.88. The fourth-order valence-corrected chi connectivity index (χ4v) is 1.06. The van der Waals surface area contributed by atoms with E-state index in [1.807, 2.05) is 6.07 Å². The minimum absolute atomic E-state index is 0.255. The summed E-state index contributed by atoms with van der Waals surface area (Å²) < 4.78 is 22.8. The van der Waals surface area contributed by atoms with Gasteiger partial charge in [0.05, 0.1) is 18.2 Å². The van der Waals surface area contributed by atoms with Crippen molar-refractivity contribution in [2.75, 3.05) is 19.8 Å². The molecule has 0 saturated heterocycles. The Balaban J connectivity index is 4.12. The molecule has 0 aliphatic rings. The van der Waals surface area contributed by atoms with Gasteiger partial charge in [0.25, 0.3) is 0 Å². The monoisotopic (exact) mass is 176 g/mol. The number of sulfonamides is 1. The maximum atomic E-state index is 10.8. The number of rotatable bonds is 3. The molecule has 0 saturated carbocycles. The molecule has 0 aliphatic heterocycles. The first-order valence-corrected chi connectivity index (χ1v) is 5.03. The van der Waals surface area contributed by atoms with E-state index < -0.39 is 10.0 Å². The zero-order valence-corrected chi connectivity index (χ0v) is 7.72. The van der Waals surface area contributed by atoms with Crippen LogP contribution in [0.3, 0.4) is 0 Å². The highest BCUT2D eigenvalue weighted by Crippen LogP contribution is 1.99. The van der Waals surface area contributed by atoms with E-state index in [4.69, 9.17) is 5.26 Å². The van der Waals surface area contributed by atoms with Gasteiger partial charge in [0, 0.05) is 13.6 Å². The second-order valence-electron chi connectivity index (χ2n) is 2.57. The average Bonchev–Trinajstić information content (AvgIpc) is 1.85. The van der Waals surface area contributed by atoms with Gasteiger partial charge in [-0.15, -0.1) is 0 Å². The fraction of sp³-hybridized carbons (Fsp3) is 0.833. The molecule has 0 aromatic rings. The number of nitriles is 1. The Morgan fingerprint density at radius 3 is 2.36 bits per heavy atom. The van der Waals surface area contributed by atoms with Gasteiger partial charge in [0.15, 0.2) is 0 Å². The fourth-order valence-electron chi connectivity index (χ4n) is 0.562. The lowest BCUT2D eigenvalue weighted by Crippen LogP contribution is -2.29. The van der Waals surface area contributed by atoms with Crippen molar-refractivity contribution >= 4 is 10.0 Å². The summed E-state index contributed by atoms with van der Waals surface area (Å²) in [4.78, 5) is 0. The predicted molar refractivity (Wildman–Crippen MR) is 42.3 cm³/mol. The summed E-state index contributed by atoms with van der Waals surface area (Å²) >= 11 is 0. The number of nitrogens with zero attached hydrogens (tertiary/aromatic N) is 2. The normalized spacial score (nSPS) is 14.5. The Bertz CT molecular complexity index is 252. The zero-order valence-electron chi connectivity index (χ0n) is 6.90. The van der Waals surface area contributed by atoms with Crippen LogP contribution in [-0.4, -0.2) is 32.6 Å². The van der Waals surface area contributed by atoms with Gasteiger partial charge >= 0.3 is 0 Å². The third-order valence-corrected chi connectivity index (χ3v) is 2.60. The van der Waals surface area contributed by atoms with Crippen molar-refractivity contribution in [2.24, 2.45) is 5.92 Å². The van der Waals surface area contributed by atoms with Crippen LogP contribution in [-0.2, 0) is 10.0 Å². The van der Waals surface area contributed by atoms with E-state index in [1.165, 1.54) is 11.4 Å². The van der Waals surface area contributed by atoms with E-state index >= 15 is 0 Å². The molecule has 0 bridgehead atoms. The highest BCUT2D eigenvalue weighted by Gasteiger charge is 2.13. The van der Waals surface area contributed by atoms with Gasteiger partial charge in [0.2, 0.25) is 10.0 Å². The third kappa shape index (κ3) is 3.96. The van der Waals surface area contributed by atoms with E-state index in [1.54, 1.807) is 6.92 Å². The SMILES string of the molecule is C[C@H](C#N)CN(C)S(C)(=O)=O. The van der Waals surface area contributed by atoms with Gasteiger partial charge < -0.3 is 0 Å². The molecule has 0 unspecified atom stereocenters. The molecular formula is C6H12N2O2S. The van der Waals surface area contributed by atoms with Crippen molar-refractivity contribution in [3.63, 3.8) is 0 Å². The molecule has 0 amide bonds. The topological polar surface area (TPSA) is 61.2 Å². The smallest absolute Gasteiger partial charge is 0.210 e. The first kappa shape index (κ1) is 10.4. The van der Waals surface area contributed by atoms with Crippen molar-refractivity contribution in [2.45, 2.75) is 6.92 Å². The summed E-state index contributed by atoms with van der Waals surface area (Å²) in [7, 11) is -1.66. The largest absolute Gasteiger partial charge is 0.213 e. The summed E-state index contributed by atoms with van der Waals surface area (Å²) in [6, 6.07) is 1.96. The Labute approximate surface area is 67.5 Å². The van der Waals surface area contributed by atoms with Crippen LogP contribution >= 0.6 is 0 Å². The van der Waals surface area contributed by atoms with Gasteiger partial charge in [-0.3, -0.25) is 0 Å². The van der Waals surface area contributed by atoms with Crippen molar-refractivity contribution < 1.29 is 8.42 Å². The molecule has 64 valence electrons. The van der Waals surface area contributed by atoms with Gasteiger partial charge in [-0.05, 0) is 6.92 Å². The quantitative estimate of drug-likeness (QED) is 0.610. The highest BCUT2D eigenvalue weighted by atomic mass is 32.2. The predicted octanol–water partition coefficient (Wildman–Crippen LogP) is 0.0375. The maximum absolute atomic E-state index is 10.8. The molecule has 0 aromatic carbocycles. The molecule has 5 heteroatoms. The van der Waals surface area contributed by atoms with Crippen LogP contribution in [0.4, 0.5) is 0 Å². The van der Waals surface area contributed by atoms with Crippen LogP contribution in [0, 0.1) is 17.2 Å². The summed E-state index contributed by atoms with van der Waals surface area (Å²) in [5, 5.41) is 8.38. The van der Waals surface area contributed by atoms with Crippen molar-refractivity contribution in [1.29, 1.82) is 5.26 Å². The molecule has 0 rings (SSSR count). The summed E-state index contributed by atoms with van der Waals surface area (Å²) in [6.45, 7) is 1.94. The van der Waals surface area contributed by atoms with Crippen LogP contribution in [0.1, 0.15) is 6.92 Å². The lowest BCUT2D eigenvalue weighted by molar-refractivity contribution is 0.443. The second-order valence-corrected chi connectivity index (χ2v) is 4.66. The van der Waals surface area contributed by atoms with E-state index in [9.17, 15) is 8.42 Å². The summed E-state index contributed by atoms with van der Waals surface area (Å²) in [6.07, 6.45) is 1.12. The van der Waals surface area contributed by atoms with E-state index in [-0.39, 0.29) is 12.5 Å². The Morgan fingerprint density at radius 1 is 1.64 bits per heavy atom. The molecule has 11 heavy (non-hydrogen) atoms. The molecule has 0 radical (unpaired) electrons.